The zero-order valence-corrected chi connectivity index (χ0v) is 17.1. The lowest BCUT2D eigenvalue weighted by Crippen LogP contribution is -2.43. The second kappa shape index (κ2) is 9.72. The lowest BCUT2D eigenvalue weighted by Gasteiger charge is -2.32. The highest BCUT2D eigenvalue weighted by Gasteiger charge is 2.29. The summed E-state index contributed by atoms with van der Waals surface area (Å²) in [6, 6.07) is 4.39. The van der Waals surface area contributed by atoms with Crippen LogP contribution in [0.3, 0.4) is 0 Å². The Bertz CT molecular complexity index is 546. The molecule has 2 aliphatic heterocycles. The number of thiophene rings is 1. The molecule has 0 radical (unpaired) electrons. The average Bonchev–Trinajstić information content (AvgIpc) is 3.31. The Kier molecular flexibility index (Phi) is 7.34. The third kappa shape index (κ3) is 5.96. The van der Waals surface area contributed by atoms with Gasteiger partial charge < -0.3 is 15.4 Å². The van der Waals surface area contributed by atoms with E-state index in [4.69, 9.17) is 9.73 Å². The Balaban J connectivity index is 1.40. The average molecular weight is 379 g/mol. The maximum atomic E-state index is 5.85. The van der Waals surface area contributed by atoms with Gasteiger partial charge in [-0.05, 0) is 70.0 Å². The Labute approximate surface area is 162 Å². The molecule has 0 saturated carbocycles. The van der Waals surface area contributed by atoms with E-state index in [9.17, 15) is 0 Å². The molecule has 1 aromatic heterocycles. The molecule has 2 fully saturated rings. The Morgan fingerprint density at radius 2 is 2.23 bits per heavy atom. The third-order valence-electron chi connectivity index (χ3n) is 5.44. The second-order valence-corrected chi connectivity index (χ2v) is 8.81. The molecule has 1 atom stereocenters. The van der Waals surface area contributed by atoms with Crippen molar-refractivity contribution in [3.63, 3.8) is 0 Å². The standard InChI is InChI=1S/C20H34N4OS/c1-3-21-19(23-16-20(2)9-5-12-25-20)22-14-17-7-10-24(11-8-17)15-18-6-4-13-26-18/h4,6,13,17H,3,5,7-12,14-16H2,1-2H3,(H2,21,22,23). The van der Waals surface area contributed by atoms with Crippen molar-refractivity contribution in [3.05, 3.63) is 22.4 Å². The molecule has 0 bridgehead atoms. The van der Waals surface area contributed by atoms with Gasteiger partial charge in [0.05, 0.1) is 12.1 Å². The molecule has 0 aliphatic carbocycles. The van der Waals surface area contributed by atoms with Crippen molar-refractivity contribution in [2.75, 3.05) is 39.3 Å². The highest BCUT2D eigenvalue weighted by molar-refractivity contribution is 7.09. The molecule has 26 heavy (non-hydrogen) atoms. The molecule has 0 amide bonds. The van der Waals surface area contributed by atoms with Gasteiger partial charge in [-0.1, -0.05) is 6.07 Å². The predicted molar refractivity (Wildman–Crippen MR) is 110 cm³/mol. The van der Waals surface area contributed by atoms with Crippen molar-refractivity contribution < 1.29 is 4.74 Å². The predicted octanol–water partition coefficient (Wildman–Crippen LogP) is 3.08. The van der Waals surface area contributed by atoms with Crippen LogP contribution in [0.5, 0.6) is 0 Å². The summed E-state index contributed by atoms with van der Waals surface area (Å²) in [6.45, 7) is 11.3. The zero-order valence-electron chi connectivity index (χ0n) is 16.3. The summed E-state index contributed by atoms with van der Waals surface area (Å²) in [6.07, 6.45) is 4.79. The Hall–Kier alpha value is -1.11. The van der Waals surface area contributed by atoms with Crippen molar-refractivity contribution in [1.29, 1.82) is 0 Å². The van der Waals surface area contributed by atoms with Gasteiger partial charge in [-0.2, -0.15) is 0 Å². The first-order valence-corrected chi connectivity index (χ1v) is 11.0. The number of rotatable bonds is 7. The van der Waals surface area contributed by atoms with E-state index in [-0.39, 0.29) is 5.60 Å². The summed E-state index contributed by atoms with van der Waals surface area (Å²) in [7, 11) is 0. The maximum absolute atomic E-state index is 5.85. The fraction of sp³-hybridized carbons (Fsp3) is 0.750. The van der Waals surface area contributed by atoms with Gasteiger partial charge in [0.1, 0.15) is 0 Å². The lowest BCUT2D eigenvalue weighted by molar-refractivity contribution is 0.0283. The van der Waals surface area contributed by atoms with Gasteiger partial charge in [0.15, 0.2) is 5.96 Å². The summed E-state index contributed by atoms with van der Waals surface area (Å²) >= 11 is 1.86. The third-order valence-corrected chi connectivity index (χ3v) is 6.30. The van der Waals surface area contributed by atoms with Gasteiger partial charge >= 0.3 is 0 Å². The minimum atomic E-state index is -0.0739. The van der Waals surface area contributed by atoms with Crippen molar-refractivity contribution in [2.45, 2.75) is 51.7 Å². The minimum absolute atomic E-state index is 0.0739. The molecule has 2 saturated heterocycles. The van der Waals surface area contributed by atoms with Gasteiger partial charge in [0.2, 0.25) is 0 Å². The van der Waals surface area contributed by atoms with Crippen LogP contribution < -0.4 is 10.6 Å². The van der Waals surface area contributed by atoms with E-state index in [1.54, 1.807) is 0 Å². The summed E-state index contributed by atoms with van der Waals surface area (Å²) < 4.78 is 5.85. The number of nitrogens with one attached hydrogen (secondary N) is 2. The van der Waals surface area contributed by atoms with Crippen molar-refractivity contribution in [2.24, 2.45) is 10.9 Å². The van der Waals surface area contributed by atoms with Crippen LogP contribution in [-0.4, -0.2) is 55.8 Å². The number of nitrogens with zero attached hydrogens (tertiary/aromatic N) is 2. The molecule has 6 heteroatoms. The van der Waals surface area contributed by atoms with Crippen LogP contribution in [-0.2, 0) is 11.3 Å². The zero-order chi connectivity index (χ0) is 18.2. The second-order valence-electron chi connectivity index (χ2n) is 7.78. The molecular weight excluding hydrogens is 344 g/mol. The van der Waals surface area contributed by atoms with Crippen LogP contribution in [0.25, 0.3) is 0 Å². The summed E-state index contributed by atoms with van der Waals surface area (Å²) in [5.74, 6) is 1.67. The van der Waals surface area contributed by atoms with Crippen LogP contribution in [0, 0.1) is 5.92 Å². The summed E-state index contributed by atoms with van der Waals surface area (Å²) in [4.78, 5) is 8.84. The van der Waals surface area contributed by atoms with E-state index in [1.807, 2.05) is 11.3 Å². The van der Waals surface area contributed by atoms with Crippen LogP contribution >= 0.6 is 11.3 Å². The molecule has 146 valence electrons. The van der Waals surface area contributed by atoms with Crippen LogP contribution in [0.2, 0.25) is 0 Å². The van der Waals surface area contributed by atoms with Crippen LogP contribution in [0.1, 0.15) is 44.4 Å². The highest BCUT2D eigenvalue weighted by atomic mass is 32.1. The van der Waals surface area contributed by atoms with E-state index in [0.29, 0.717) is 0 Å². The number of likely N-dealkylation sites (tertiary alicyclic amines) is 1. The van der Waals surface area contributed by atoms with Crippen molar-refractivity contribution in [1.82, 2.24) is 15.5 Å². The first-order chi connectivity index (χ1) is 12.7. The van der Waals surface area contributed by atoms with Gasteiger partial charge in [0, 0.05) is 31.1 Å². The number of guanidine groups is 1. The SMILES string of the molecule is CCNC(=NCC1(C)CCCO1)NCC1CCN(Cc2cccs2)CC1. The number of hydrogen-bond acceptors (Lipinski definition) is 4. The highest BCUT2D eigenvalue weighted by Crippen LogP contribution is 2.25. The van der Waals surface area contributed by atoms with Crippen molar-refractivity contribution >= 4 is 17.3 Å². The van der Waals surface area contributed by atoms with Gasteiger partial charge in [-0.25, -0.2) is 0 Å². The first kappa shape index (κ1) is 19.6. The molecule has 0 aromatic carbocycles. The van der Waals surface area contributed by atoms with E-state index >= 15 is 0 Å². The number of ether oxygens (including phenoxy) is 1. The van der Waals surface area contributed by atoms with E-state index in [0.717, 1.165) is 57.5 Å². The topological polar surface area (TPSA) is 48.9 Å². The van der Waals surface area contributed by atoms with Gasteiger partial charge in [-0.3, -0.25) is 9.89 Å². The molecule has 2 aliphatic rings. The number of piperidine rings is 1. The lowest BCUT2D eigenvalue weighted by atomic mass is 9.97. The van der Waals surface area contributed by atoms with Crippen molar-refractivity contribution in [3.8, 4) is 0 Å². The molecule has 1 aromatic rings. The van der Waals surface area contributed by atoms with Gasteiger partial charge in [0.25, 0.3) is 0 Å². The quantitative estimate of drug-likeness (QED) is 0.565. The summed E-state index contributed by atoms with van der Waals surface area (Å²) in [5.41, 5.74) is -0.0739. The number of hydrogen-bond donors (Lipinski definition) is 2. The Morgan fingerprint density at radius 1 is 1.38 bits per heavy atom. The van der Waals surface area contributed by atoms with Crippen LogP contribution in [0.4, 0.5) is 0 Å². The minimum Gasteiger partial charge on any atom is -0.373 e. The molecule has 0 spiro atoms. The normalized spacial score (nSPS) is 25.5. The summed E-state index contributed by atoms with van der Waals surface area (Å²) in [5, 5.41) is 9.11. The smallest absolute Gasteiger partial charge is 0.191 e. The van der Waals surface area contributed by atoms with E-state index < -0.39 is 0 Å². The molecule has 3 rings (SSSR count). The van der Waals surface area contributed by atoms with Crippen LogP contribution in [0.15, 0.2) is 22.5 Å². The molecule has 5 nitrogen and oxygen atoms in total. The maximum Gasteiger partial charge on any atom is 0.191 e. The Morgan fingerprint density at radius 3 is 2.88 bits per heavy atom. The van der Waals surface area contributed by atoms with Gasteiger partial charge in [-0.15, -0.1) is 11.3 Å². The molecular formula is C20H34N4OS. The monoisotopic (exact) mass is 378 g/mol. The largest absolute Gasteiger partial charge is 0.373 e. The number of aliphatic imine (C=N–C) groups is 1. The van der Waals surface area contributed by atoms with E-state index in [1.165, 1.54) is 30.8 Å². The molecule has 3 heterocycles. The fourth-order valence-corrected chi connectivity index (χ4v) is 4.51. The van der Waals surface area contributed by atoms with E-state index in [2.05, 4.69) is 46.9 Å². The first-order valence-electron chi connectivity index (χ1n) is 10.1. The molecule has 2 N–H and O–H groups in total. The fourth-order valence-electron chi connectivity index (χ4n) is 3.76. The molecule has 1 unspecified atom stereocenters.